The monoisotopic (exact) mass is 273 g/mol. The van der Waals surface area contributed by atoms with Crippen molar-refractivity contribution in [3.05, 3.63) is 52.4 Å². The van der Waals surface area contributed by atoms with Gasteiger partial charge in [-0.15, -0.1) is 0 Å². The molecular formula is C14H15N3O3. The van der Waals surface area contributed by atoms with Crippen molar-refractivity contribution >= 4 is 5.91 Å². The van der Waals surface area contributed by atoms with Crippen molar-refractivity contribution < 1.29 is 9.90 Å². The number of aromatic amines is 1. The van der Waals surface area contributed by atoms with E-state index in [1.807, 2.05) is 30.3 Å². The second kappa shape index (κ2) is 6.63. The summed E-state index contributed by atoms with van der Waals surface area (Å²) in [5, 5.41) is 11.2. The van der Waals surface area contributed by atoms with E-state index in [0.29, 0.717) is 18.8 Å². The molecule has 104 valence electrons. The second-order valence-corrected chi connectivity index (χ2v) is 4.17. The van der Waals surface area contributed by atoms with Gasteiger partial charge >= 0.3 is 0 Å². The van der Waals surface area contributed by atoms with Gasteiger partial charge in [0.15, 0.2) is 0 Å². The first-order valence-corrected chi connectivity index (χ1v) is 6.26. The van der Waals surface area contributed by atoms with Crippen LogP contribution in [-0.4, -0.2) is 34.1 Å². The Labute approximate surface area is 115 Å². The molecule has 0 fully saturated rings. The Bertz CT molecular complexity index is 638. The maximum Gasteiger partial charge on any atom is 0.264 e. The van der Waals surface area contributed by atoms with E-state index in [-0.39, 0.29) is 12.2 Å². The van der Waals surface area contributed by atoms with Crippen LogP contribution in [0.15, 0.2) is 41.3 Å². The lowest BCUT2D eigenvalue weighted by atomic mass is 10.2. The van der Waals surface area contributed by atoms with Crippen LogP contribution in [0, 0.1) is 0 Å². The van der Waals surface area contributed by atoms with Crippen molar-refractivity contribution in [2.24, 2.45) is 0 Å². The maximum atomic E-state index is 11.9. The highest BCUT2D eigenvalue weighted by molar-refractivity contribution is 5.93. The molecule has 1 heterocycles. The first kappa shape index (κ1) is 14.0. The highest BCUT2D eigenvalue weighted by Gasteiger charge is 2.11. The first-order valence-electron chi connectivity index (χ1n) is 6.26. The van der Waals surface area contributed by atoms with Crippen LogP contribution in [0.4, 0.5) is 0 Å². The summed E-state index contributed by atoms with van der Waals surface area (Å²) in [4.78, 5) is 30.3. The maximum absolute atomic E-state index is 11.9. The van der Waals surface area contributed by atoms with E-state index >= 15 is 0 Å². The molecule has 1 amide bonds. The third kappa shape index (κ3) is 3.30. The molecular weight excluding hydrogens is 258 g/mol. The molecule has 3 N–H and O–H groups in total. The first-order chi connectivity index (χ1) is 9.72. The average Bonchev–Trinajstić information content (AvgIpc) is 2.48. The van der Waals surface area contributed by atoms with E-state index in [0.717, 1.165) is 5.56 Å². The third-order valence-corrected chi connectivity index (χ3v) is 2.71. The summed E-state index contributed by atoms with van der Waals surface area (Å²) in [5.41, 5.74) is 0.250. The zero-order chi connectivity index (χ0) is 14.4. The number of hydrogen-bond donors (Lipinski definition) is 3. The fourth-order valence-electron chi connectivity index (χ4n) is 1.68. The van der Waals surface area contributed by atoms with Crippen LogP contribution < -0.4 is 10.9 Å². The predicted molar refractivity (Wildman–Crippen MR) is 74.3 cm³/mol. The number of nitrogens with zero attached hydrogens (tertiary/aromatic N) is 1. The van der Waals surface area contributed by atoms with Crippen LogP contribution in [-0.2, 0) is 0 Å². The minimum atomic E-state index is -0.494. The van der Waals surface area contributed by atoms with Crippen molar-refractivity contribution in [2.45, 2.75) is 6.42 Å². The molecule has 0 radical (unpaired) electrons. The molecule has 0 bridgehead atoms. The SMILES string of the molecule is O=C(NCCCO)c1cnc(-c2ccccc2)[nH]c1=O. The van der Waals surface area contributed by atoms with Crippen molar-refractivity contribution in [2.75, 3.05) is 13.2 Å². The number of rotatable bonds is 5. The zero-order valence-electron chi connectivity index (χ0n) is 10.8. The van der Waals surface area contributed by atoms with Gasteiger partial charge in [0.2, 0.25) is 0 Å². The number of nitrogens with one attached hydrogen (secondary N) is 2. The fraction of sp³-hybridized carbons (Fsp3) is 0.214. The van der Waals surface area contributed by atoms with Crippen LogP contribution in [0.1, 0.15) is 16.8 Å². The van der Waals surface area contributed by atoms with Crippen LogP contribution in [0.5, 0.6) is 0 Å². The van der Waals surface area contributed by atoms with Crippen LogP contribution in [0.25, 0.3) is 11.4 Å². The molecule has 20 heavy (non-hydrogen) atoms. The molecule has 0 aliphatic rings. The molecule has 0 aliphatic heterocycles. The van der Waals surface area contributed by atoms with Gasteiger partial charge in [0.25, 0.3) is 11.5 Å². The van der Waals surface area contributed by atoms with E-state index in [4.69, 9.17) is 5.11 Å². The number of carbonyl (C=O) groups is 1. The summed E-state index contributed by atoms with van der Waals surface area (Å²) in [6.07, 6.45) is 1.70. The fourth-order valence-corrected chi connectivity index (χ4v) is 1.68. The van der Waals surface area contributed by atoms with Crippen LogP contribution >= 0.6 is 0 Å². The minimum Gasteiger partial charge on any atom is -0.396 e. The summed E-state index contributed by atoms with van der Waals surface area (Å²) < 4.78 is 0. The van der Waals surface area contributed by atoms with E-state index in [9.17, 15) is 9.59 Å². The Hall–Kier alpha value is -2.47. The second-order valence-electron chi connectivity index (χ2n) is 4.17. The van der Waals surface area contributed by atoms with Crippen LogP contribution in [0.3, 0.4) is 0 Å². The highest BCUT2D eigenvalue weighted by atomic mass is 16.3. The number of H-pyrrole nitrogens is 1. The molecule has 0 saturated carbocycles. The number of amides is 1. The van der Waals surface area contributed by atoms with Gasteiger partial charge in [0.1, 0.15) is 11.4 Å². The summed E-state index contributed by atoms with van der Waals surface area (Å²) >= 11 is 0. The van der Waals surface area contributed by atoms with Gasteiger partial charge in [-0.3, -0.25) is 9.59 Å². The van der Waals surface area contributed by atoms with Gasteiger partial charge < -0.3 is 15.4 Å². The van der Waals surface area contributed by atoms with Crippen molar-refractivity contribution in [1.82, 2.24) is 15.3 Å². The van der Waals surface area contributed by atoms with Gasteiger partial charge in [-0.05, 0) is 6.42 Å². The number of aromatic nitrogens is 2. The Morgan fingerprint density at radius 2 is 2.05 bits per heavy atom. The van der Waals surface area contributed by atoms with E-state index in [1.54, 1.807) is 0 Å². The van der Waals surface area contributed by atoms with Gasteiger partial charge in [0.05, 0.1) is 0 Å². The average molecular weight is 273 g/mol. The number of carbonyl (C=O) groups excluding carboxylic acids is 1. The molecule has 6 nitrogen and oxygen atoms in total. The van der Waals surface area contributed by atoms with Crippen molar-refractivity contribution in [3.63, 3.8) is 0 Å². The summed E-state index contributed by atoms with van der Waals surface area (Å²) in [6.45, 7) is 0.303. The summed E-state index contributed by atoms with van der Waals surface area (Å²) in [6, 6.07) is 9.18. The molecule has 1 aromatic carbocycles. The lowest BCUT2D eigenvalue weighted by Gasteiger charge is -2.04. The van der Waals surface area contributed by atoms with Crippen molar-refractivity contribution in [1.29, 1.82) is 0 Å². The summed E-state index contributed by atoms with van der Waals surface area (Å²) in [7, 11) is 0. The Balaban J connectivity index is 2.18. The Morgan fingerprint density at radius 3 is 2.70 bits per heavy atom. The number of hydrogen-bond acceptors (Lipinski definition) is 4. The quantitative estimate of drug-likeness (QED) is 0.693. The van der Waals surface area contributed by atoms with Gasteiger partial charge in [0, 0.05) is 24.9 Å². The Morgan fingerprint density at radius 1 is 1.30 bits per heavy atom. The topological polar surface area (TPSA) is 95.1 Å². The lowest BCUT2D eigenvalue weighted by molar-refractivity contribution is 0.0949. The van der Waals surface area contributed by atoms with Gasteiger partial charge in [-0.2, -0.15) is 0 Å². The number of benzene rings is 1. The van der Waals surface area contributed by atoms with Crippen molar-refractivity contribution in [3.8, 4) is 11.4 Å². The minimum absolute atomic E-state index is 0.0121. The van der Waals surface area contributed by atoms with Gasteiger partial charge in [-0.1, -0.05) is 30.3 Å². The molecule has 0 saturated heterocycles. The molecule has 6 heteroatoms. The summed E-state index contributed by atoms with van der Waals surface area (Å²) in [5.74, 6) is -0.0747. The molecule has 0 spiro atoms. The molecule has 0 atom stereocenters. The van der Waals surface area contributed by atoms with Crippen LogP contribution in [0.2, 0.25) is 0 Å². The molecule has 2 rings (SSSR count). The molecule has 0 aliphatic carbocycles. The Kier molecular flexibility index (Phi) is 4.62. The normalized spacial score (nSPS) is 10.2. The third-order valence-electron chi connectivity index (χ3n) is 2.71. The molecule has 2 aromatic rings. The largest absolute Gasteiger partial charge is 0.396 e. The predicted octanol–water partition coefficient (Wildman–Crippen LogP) is 0.549. The highest BCUT2D eigenvalue weighted by Crippen LogP contribution is 2.11. The number of aliphatic hydroxyl groups is 1. The lowest BCUT2D eigenvalue weighted by Crippen LogP contribution is -2.31. The van der Waals surface area contributed by atoms with E-state index < -0.39 is 11.5 Å². The van der Waals surface area contributed by atoms with E-state index in [2.05, 4.69) is 15.3 Å². The smallest absolute Gasteiger partial charge is 0.264 e. The molecule has 1 aromatic heterocycles. The van der Waals surface area contributed by atoms with Gasteiger partial charge in [-0.25, -0.2) is 4.98 Å². The molecule has 0 unspecified atom stereocenters. The van der Waals surface area contributed by atoms with E-state index in [1.165, 1.54) is 6.20 Å². The number of aliphatic hydroxyl groups excluding tert-OH is 1. The zero-order valence-corrected chi connectivity index (χ0v) is 10.8. The standard InChI is InChI=1S/C14H15N3O3/c18-8-4-7-15-13(19)11-9-16-12(17-14(11)20)10-5-2-1-3-6-10/h1-3,5-6,9,18H,4,7-8H2,(H,15,19)(H,16,17,20).